The van der Waals surface area contributed by atoms with Gasteiger partial charge in [0, 0.05) is 13.6 Å². The molecule has 1 fully saturated rings. The van der Waals surface area contributed by atoms with E-state index in [0.717, 1.165) is 44.2 Å². The SMILES string of the molecule is CC(C)CCCNC(=O)OCC1C2CCc3nnn(C)c3CCC21. The summed E-state index contributed by atoms with van der Waals surface area (Å²) in [5.41, 5.74) is 2.44. The predicted octanol–water partition coefficient (Wildman–Crippen LogP) is 2.72. The number of ether oxygens (including phenoxy) is 1. The van der Waals surface area contributed by atoms with Crippen LogP contribution in [0, 0.1) is 23.7 Å². The number of fused-ring (bicyclic) bond motifs is 2. The number of amides is 1. The van der Waals surface area contributed by atoms with Gasteiger partial charge in [-0.05, 0) is 62.2 Å². The van der Waals surface area contributed by atoms with Crippen molar-refractivity contribution in [2.45, 2.75) is 52.4 Å². The number of carbonyl (C=O) groups is 1. The Kier molecular flexibility index (Phi) is 5.41. The number of carbonyl (C=O) groups excluding carboxylic acids is 1. The number of alkyl carbamates (subject to hydrolysis) is 1. The first-order valence-corrected chi connectivity index (χ1v) is 9.34. The first-order valence-electron chi connectivity index (χ1n) is 9.34. The van der Waals surface area contributed by atoms with Crippen molar-refractivity contribution in [1.82, 2.24) is 20.3 Å². The summed E-state index contributed by atoms with van der Waals surface area (Å²) in [6, 6.07) is 0. The fourth-order valence-electron chi connectivity index (χ4n) is 4.08. The highest BCUT2D eigenvalue weighted by Gasteiger charge is 2.50. The van der Waals surface area contributed by atoms with Crippen LogP contribution < -0.4 is 5.32 Å². The van der Waals surface area contributed by atoms with E-state index in [2.05, 4.69) is 29.5 Å². The lowest BCUT2D eigenvalue weighted by Gasteiger charge is -2.08. The number of aromatic nitrogens is 3. The summed E-state index contributed by atoms with van der Waals surface area (Å²) in [5.74, 6) is 2.60. The van der Waals surface area contributed by atoms with Gasteiger partial charge in [-0.2, -0.15) is 0 Å². The van der Waals surface area contributed by atoms with Crippen molar-refractivity contribution < 1.29 is 9.53 Å². The van der Waals surface area contributed by atoms with Crippen LogP contribution in [-0.2, 0) is 24.6 Å². The first-order chi connectivity index (χ1) is 11.6. The van der Waals surface area contributed by atoms with Crippen molar-refractivity contribution in [3.63, 3.8) is 0 Å². The van der Waals surface area contributed by atoms with Gasteiger partial charge in [0.25, 0.3) is 0 Å². The molecule has 6 heteroatoms. The van der Waals surface area contributed by atoms with Gasteiger partial charge in [0.05, 0.1) is 18.0 Å². The predicted molar refractivity (Wildman–Crippen MR) is 91.5 cm³/mol. The van der Waals surface area contributed by atoms with Crippen molar-refractivity contribution in [3.05, 3.63) is 11.4 Å². The molecule has 0 aliphatic heterocycles. The summed E-state index contributed by atoms with van der Waals surface area (Å²) in [5, 5.41) is 11.3. The van der Waals surface area contributed by atoms with Crippen LogP contribution in [-0.4, -0.2) is 34.2 Å². The van der Waals surface area contributed by atoms with E-state index in [9.17, 15) is 4.79 Å². The summed E-state index contributed by atoms with van der Waals surface area (Å²) in [6.07, 6.45) is 6.23. The van der Waals surface area contributed by atoms with Gasteiger partial charge in [0.1, 0.15) is 0 Å². The minimum atomic E-state index is -0.257. The van der Waals surface area contributed by atoms with Gasteiger partial charge in [-0.25, -0.2) is 4.79 Å². The third-order valence-corrected chi connectivity index (χ3v) is 5.60. The van der Waals surface area contributed by atoms with E-state index in [1.165, 1.54) is 5.69 Å². The van der Waals surface area contributed by atoms with Crippen molar-refractivity contribution in [2.24, 2.45) is 30.7 Å². The molecule has 2 aliphatic carbocycles. The molecular weight excluding hydrogens is 304 g/mol. The standard InChI is InChI=1S/C18H30N4O2/c1-12(2)5-4-10-19-18(23)24-11-15-13-6-8-16-17(9-7-14(13)15)22(3)21-20-16/h12-15H,4-11H2,1-3H3,(H,19,23). The van der Waals surface area contributed by atoms with Gasteiger partial charge in [-0.3, -0.25) is 4.68 Å². The fourth-order valence-corrected chi connectivity index (χ4v) is 4.08. The third-order valence-electron chi connectivity index (χ3n) is 5.60. The van der Waals surface area contributed by atoms with Crippen molar-refractivity contribution in [1.29, 1.82) is 0 Å². The first kappa shape index (κ1) is 17.2. The highest BCUT2D eigenvalue weighted by atomic mass is 16.5. The zero-order valence-corrected chi connectivity index (χ0v) is 15.1. The molecule has 0 radical (unpaired) electrons. The molecule has 1 N–H and O–H groups in total. The van der Waals surface area contributed by atoms with Crippen LogP contribution in [0.5, 0.6) is 0 Å². The largest absolute Gasteiger partial charge is 0.449 e. The van der Waals surface area contributed by atoms with Crippen molar-refractivity contribution >= 4 is 6.09 Å². The molecule has 3 rings (SSSR count). The fraction of sp³-hybridized carbons (Fsp3) is 0.833. The summed E-state index contributed by atoms with van der Waals surface area (Å²) >= 11 is 0. The van der Waals surface area contributed by atoms with Gasteiger partial charge >= 0.3 is 6.09 Å². The van der Waals surface area contributed by atoms with Gasteiger partial charge in [0.15, 0.2) is 0 Å². The molecule has 1 saturated carbocycles. The molecule has 0 aromatic carbocycles. The molecular formula is C18H30N4O2. The van der Waals surface area contributed by atoms with E-state index in [1.807, 2.05) is 11.7 Å². The molecule has 3 unspecified atom stereocenters. The van der Waals surface area contributed by atoms with E-state index in [4.69, 9.17) is 4.74 Å². The summed E-state index contributed by atoms with van der Waals surface area (Å²) in [6.45, 7) is 5.67. The quantitative estimate of drug-likeness (QED) is 0.812. The second-order valence-corrected chi connectivity index (χ2v) is 7.74. The normalized spacial score (nSPS) is 25.4. The van der Waals surface area contributed by atoms with Gasteiger partial charge in [0.2, 0.25) is 0 Å². The maximum absolute atomic E-state index is 11.8. The van der Waals surface area contributed by atoms with Crippen LogP contribution in [0.15, 0.2) is 0 Å². The minimum Gasteiger partial charge on any atom is -0.449 e. The molecule has 1 amide bonds. The van der Waals surface area contributed by atoms with E-state index in [1.54, 1.807) is 0 Å². The van der Waals surface area contributed by atoms with Crippen LogP contribution in [0.3, 0.4) is 0 Å². The smallest absolute Gasteiger partial charge is 0.407 e. The zero-order chi connectivity index (χ0) is 17.1. The number of nitrogens with zero attached hydrogens (tertiary/aromatic N) is 3. The van der Waals surface area contributed by atoms with Crippen LogP contribution in [0.2, 0.25) is 0 Å². The molecule has 0 bridgehead atoms. The molecule has 2 aliphatic rings. The number of aryl methyl sites for hydroxylation is 2. The summed E-state index contributed by atoms with van der Waals surface area (Å²) in [7, 11) is 1.97. The maximum Gasteiger partial charge on any atom is 0.407 e. The van der Waals surface area contributed by atoms with Gasteiger partial charge in [-0.15, -0.1) is 5.10 Å². The lowest BCUT2D eigenvalue weighted by molar-refractivity contribution is 0.137. The summed E-state index contributed by atoms with van der Waals surface area (Å²) in [4.78, 5) is 11.8. The minimum absolute atomic E-state index is 0.257. The number of rotatable bonds is 6. The second-order valence-electron chi connectivity index (χ2n) is 7.74. The Hall–Kier alpha value is -1.59. The highest BCUT2D eigenvalue weighted by molar-refractivity contribution is 5.67. The Balaban J connectivity index is 1.37. The zero-order valence-electron chi connectivity index (χ0n) is 15.1. The second kappa shape index (κ2) is 7.53. The number of nitrogens with one attached hydrogen (secondary N) is 1. The lowest BCUT2D eigenvalue weighted by atomic mass is 10.0. The van der Waals surface area contributed by atoms with Crippen molar-refractivity contribution in [3.8, 4) is 0 Å². The number of hydrogen-bond acceptors (Lipinski definition) is 4. The Morgan fingerprint density at radius 3 is 2.83 bits per heavy atom. The van der Waals surface area contributed by atoms with Crippen LogP contribution >= 0.6 is 0 Å². The number of hydrogen-bond donors (Lipinski definition) is 1. The summed E-state index contributed by atoms with van der Waals surface area (Å²) < 4.78 is 7.36. The molecule has 134 valence electrons. The molecule has 24 heavy (non-hydrogen) atoms. The lowest BCUT2D eigenvalue weighted by Crippen LogP contribution is -2.26. The molecule has 1 heterocycles. The van der Waals surface area contributed by atoms with Crippen LogP contribution in [0.4, 0.5) is 4.79 Å². The van der Waals surface area contributed by atoms with Crippen molar-refractivity contribution in [2.75, 3.05) is 13.2 Å². The van der Waals surface area contributed by atoms with E-state index in [-0.39, 0.29) is 6.09 Å². The average molecular weight is 334 g/mol. The average Bonchev–Trinajstić information content (AvgIpc) is 3.06. The highest BCUT2D eigenvalue weighted by Crippen LogP contribution is 2.52. The molecule has 3 atom stereocenters. The van der Waals surface area contributed by atoms with E-state index < -0.39 is 0 Å². The van der Waals surface area contributed by atoms with Gasteiger partial charge in [-0.1, -0.05) is 19.1 Å². The molecule has 0 saturated heterocycles. The molecule has 1 aromatic rings. The van der Waals surface area contributed by atoms with Crippen LogP contribution in [0.1, 0.15) is 50.9 Å². The monoisotopic (exact) mass is 334 g/mol. The Bertz CT molecular complexity index is 569. The molecule has 1 aromatic heterocycles. The maximum atomic E-state index is 11.8. The van der Waals surface area contributed by atoms with E-state index in [0.29, 0.717) is 36.8 Å². The Morgan fingerprint density at radius 2 is 2.08 bits per heavy atom. The van der Waals surface area contributed by atoms with Gasteiger partial charge < -0.3 is 10.1 Å². The Labute approximate surface area is 144 Å². The topological polar surface area (TPSA) is 69.0 Å². The third kappa shape index (κ3) is 4.08. The molecule has 6 nitrogen and oxygen atoms in total. The van der Waals surface area contributed by atoms with Crippen LogP contribution in [0.25, 0.3) is 0 Å². The van der Waals surface area contributed by atoms with E-state index >= 15 is 0 Å². The molecule has 0 spiro atoms. The Morgan fingerprint density at radius 1 is 1.33 bits per heavy atom.